The number of carbonyl (C=O) groups excluding carboxylic acids is 1. The van der Waals surface area contributed by atoms with Crippen molar-refractivity contribution in [2.24, 2.45) is 0 Å². The van der Waals surface area contributed by atoms with Gasteiger partial charge < -0.3 is 9.80 Å². The summed E-state index contributed by atoms with van der Waals surface area (Å²) in [5, 5.41) is 7.88. The third-order valence-corrected chi connectivity index (χ3v) is 7.93. The Kier molecular flexibility index (Phi) is 6.64. The molecule has 192 valence electrons. The van der Waals surface area contributed by atoms with Crippen molar-refractivity contribution in [1.29, 1.82) is 0 Å². The van der Waals surface area contributed by atoms with E-state index in [1.165, 1.54) is 11.1 Å². The molecule has 1 fully saturated rings. The molecule has 0 bridgehead atoms. The molecular formula is C30H30N6OS. The normalized spacial score (nSPS) is 13.8. The second kappa shape index (κ2) is 10.4. The molecular weight excluding hydrogens is 492 g/mol. The van der Waals surface area contributed by atoms with E-state index in [0.29, 0.717) is 25.9 Å². The van der Waals surface area contributed by atoms with Gasteiger partial charge in [0.2, 0.25) is 5.91 Å². The van der Waals surface area contributed by atoms with E-state index in [1.807, 2.05) is 64.4 Å². The van der Waals surface area contributed by atoms with Crippen LogP contribution in [0, 0.1) is 13.8 Å². The fraction of sp³-hybridized carbons (Fsp3) is 0.267. The summed E-state index contributed by atoms with van der Waals surface area (Å²) in [7, 11) is 0. The number of rotatable bonds is 6. The first-order valence-electron chi connectivity index (χ1n) is 13.0. The minimum absolute atomic E-state index is 0.188. The van der Waals surface area contributed by atoms with Crippen LogP contribution < -0.4 is 4.90 Å². The molecule has 0 N–H and O–H groups in total. The molecule has 0 saturated carbocycles. The van der Waals surface area contributed by atoms with Crippen LogP contribution in [0.25, 0.3) is 16.7 Å². The molecule has 0 spiro atoms. The van der Waals surface area contributed by atoms with Gasteiger partial charge in [-0.1, -0.05) is 54.1 Å². The van der Waals surface area contributed by atoms with Crippen molar-refractivity contribution < 1.29 is 4.79 Å². The van der Waals surface area contributed by atoms with Gasteiger partial charge in [-0.3, -0.25) is 4.79 Å². The minimum atomic E-state index is 0.188. The molecule has 0 radical (unpaired) electrons. The first-order chi connectivity index (χ1) is 18.5. The third kappa shape index (κ3) is 4.91. The van der Waals surface area contributed by atoms with Crippen LogP contribution in [0.2, 0.25) is 0 Å². The largest absolute Gasteiger partial charge is 0.352 e. The zero-order chi connectivity index (χ0) is 26.1. The molecule has 2 aromatic carbocycles. The highest BCUT2D eigenvalue weighted by molar-refractivity contribution is 7.10. The summed E-state index contributed by atoms with van der Waals surface area (Å²) >= 11 is 1.63. The Hall–Kier alpha value is -4.04. The van der Waals surface area contributed by atoms with E-state index in [-0.39, 0.29) is 5.91 Å². The number of amides is 1. The highest BCUT2D eigenvalue weighted by atomic mass is 32.1. The molecule has 1 saturated heterocycles. The summed E-state index contributed by atoms with van der Waals surface area (Å²) in [6.45, 7) is 6.92. The van der Waals surface area contributed by atoms with Crippen molar-refractivity contribution in [1.82, 2.24) is 24.6 Å². The second-order valence-electron chi connectivity index (χ2n) is 9.78. The van der Waals surface area contributed by atoms with Gasteiger partial charge in [0.1, 0.15) is 11.6 Å². The number of fused-ring (bicyclic) bond motifs is 1. The number of aryl methyl sites for hydroxylation is 2. The van der Waals surface area contributed by atoms with Crippen molar-refractivity contribution in [2.45, 2.75) is 26.7 Å². The Balaban J connectivity index is 1.34. The molecule has 8 heteroatoms. The lowest BCUT2D eigenvalue weighted by Gasteiger charge is -2.35. The maximum Gasteiger partial charge on any atom is 0.227 e. The average molecular weight is 523 g/mol. The number of piperazine rings is 1. The maximum atomic E-state index is 12.9. The van der Waals surface area contributed by atoms with E-state index in [9.17, 15) is 4.79 Å². The van der Waals surface area contributed by atoms with Crippen LogP contribution in [0.15, 0.2) is 72.1 Å². The van der Waals surface area contributed by atoms with Crippen molar-refractivity contribution in [3.8, 4) is 5.69 Å². The van der Waals surface area contributed by atoms with Gasteiger partial charge in [-0.05, 0) is 43.0 Å². The predicted molar refractivity (Wildman–Crippen MR) is 152 cm³/mol. The van der Waals surface area contributed by atoms with Crippen LogP contribution in [0.3, 0.4) is 0 Å². The molecule has 1 aliphatic heterocycles. The molecule has 0 atom stereocenters. The molecule has 4 heterocycles. The summed E-state index contributed by atoms with van der Waals surface area (Å²) < 4.78 is 1.93. The predicted octanol–water partition coefficient (Wildman–Crippen LogP) is 4.98. The number of para-hydroxylation sites is 1. The summed E-state index contributed by atoms with van der Waals surface area (Å²) in [5.74, 6) is 1.86. The van der Waals surface area contributed by atoms with E-state index >= 15 is 0 Å². The number of nitrogens with zero attached hydrogens (tertiary/aromatic N) is 6. The highest BCUT2D eigenvalue weighted by Crippen LogP contribution is 2.30. The van der Waals surface area contributed by atoms with Crippen molar-refractivity contribution in [3.05, 3.63) is 99.6 Å². The number of aromatic nitrogens is 4. The quantitative estimate of drug-likeness (QED) is 0.315. The molecule has 7 nitrogen and oxygen atoms in total. The molecule has 3 aromatic heterocycles. The van der Waals surface area contributed by atoms with Gasteiger partial charge in [-0.25, -0.2) is 14.6 Å². The lowest BCUT2D eigenvalue weighted by atomic mass is 10.1. The number of anilines is 1. The van der Waals surface area contributed by atoms with Gasteiger partial charge in [-0.15, -0.1) is 11.3 Å². The first-order valence-corrected chi connectivity index (χ1v) is 13.9. The number of hydrogen-bond donors (Lipinski definition) is 0. The fourth-order valence-corrected chi connectivity index (χ4v) is 5.69. The molecule has 1 amide bonds. The molecule has 38 heavy (non-hydrogen) atoms. The summed E-state index contributed by atoms with van der Waals surface area (Å²) in [6.07, 6.45) is 1.11. The Bertz CT molecular complexity index is 1550. The van der Waals surface area contributed by atoms with E-state index in [0.717, 1.165) is 52.0 Å². The lowest BCUT2D eigenvalue weighted by Crippen LogP contribution is -2.49. The molecule has 6 rings (SSSR count). The second-order valence-corrected chi connectivity index (χ2v) is 10.8. The number of hydrogen-bond acceptors (Lipinski definition) is 6. The first kappa shape index (κ1) is 24.3. The van der Waals surface area contributed by atoms with E-state index in [4.69, 9.17) is 15.1 Å². The zero-order valence-corrected chi connectivity index (χ0v) is 22.5. The Morgan fingerprint density at radius 3 is 2.37 bits per heavy atom. The smallest absolute Gasteiger partial charge is 0.227 e. The van der Waals surface area contributed by atoms with Crippen LogP contribution in [0.1, 0.15) is 27.5 Å². The Morgan fingerprint density at radius 2 is 1.66 bits per heavy atom. The van der Waals surface area contributed by atoms with Crippen LogP contribution in [-0.2, 0) is 17.6 Å². The van der Waals surface area contributed by atoms with E-state index < -0.39 is 0 Å². The molecule has 0 aliphatic carbocycles. The molecule has 1 aliphatic rings. The van der Waals surface area contributed by atoms with Crippen LogP contribution in [0.4, 0.5) is 5.82 Å². The Morgan fingerprint density at radius 1 is 0.895 bits per heavy atom. The van der Waals surface area contributed by atoms with Crippen LogP contribution >= 0.6 is 11.3 Å². The topological polar surface area (TPSA) is 67.2 Å². The fourth-order valence-electron chi connectivity index (χ4n) is 4.99. The number of benzene rings is 2. The standard InChI is InChI=1S/C30H30N6OS/c1-21-10-12-23(13-11-21)19-26-31-29(28-22(2)33-36(30(28)32-26)24-7-4-3-5-8-24)35-16-14-34(15-17-35)27(37)20-25-9-6-18-38-25/h3-13,18H,14-17,19-20H2,1-2H3. The summed E-state index contributed by atoms with van der Waals surface area (Å²) in [5.41, 5.74) is 5.09. The monoisotopic (exact) mass is 522 g/mol. The maximum absolute atomic E-state index is 12.9. The van der Waals surface area contributed by atoms with Crippen molar-refractivity contribution >= 4 is 34.1 Å². The Labute approximate surface area is 226 Å². The lowest BCUT2D eigenvalue weighted by molar-refractivity contribution is -0.130. The van der Waals surface area contributed by atoms with E-state index in [2.05, 4.69) is 36.1 Å². The number of thiophene rings is 1. The minimum Gasteiger partial charge on any atom is -0.352 e. The van der Waals surface area contributed by atoms with Crippen molar-refractivity contribution in [2.75, 3.05) is 31.1 Å². The number of carbonyl (C=O) groups is 1. The molecule has 5 aromatic rings. The van der Waals surface area contributed by atoms with Crippen molar-refractivity contribution in [3.63, 3.8) is 0 Å². The SMILES string of the molecule is Cc1ccc(Cc2nc(N3CCN(C(=O)Cc4cccs4)CC3)c3c(C)nn(-c4ccccc4)c3n2)cc1. The summed E-state index contributed by atoms with van der Waals surface area (Å²) in [4.78, 5) is 28.4. The average Bonchev–Trinajstić information content (AvgIpc) is 3.58. The summed E-state index contributed by atoms with van der Waals surface area (Å²) in [6, 6.07) is 22.7. The zero-order valence-electron chi connectivity index (χ0n) is 21.7. The van der Waals surface area contributed by atoms with Crippen LogP contribution in [-0.4, -0.2) is 56.7 Å². The van der Waals surface area contributed by atoms with E-state index in [1.54, 1.807) is 11.3 Å². The van der Waals surface area contributed by atoms with Gasteiger partial charge in [0.25, 0.3) is 0 Å². The van der Waals surface area contributed by atoms with Gasteiger partial charge in [0.15, 0.2) is 5.65 Å². The van der Waals surface area contributed by atoms with Gasteiger partial charge >= 0.3 is 0 Å². The third-order valence-electron chi connectivity index (χ3n) is 7.05. The van der Waals surface area contributed by atoms with Gasteiger partial charge in [0, 0.05) is 37.5 Å². The highest BCUT2D eigenvalue weighted by Gasteiger charge is 2.26. The van der Waals surface area contributed by atoms with Gasteiger partial charge in [0.05, 0.1) is 23.2 Å². The molecule has 0 unspecified atom stereocenters. The van der Waals surface area contributed by atoms with Crippen LogP contribution in [0.5, 0.6) is 0 Å². The van der Waals surface area contributed by atoms with Gasteiger partial charge in [-0.2, -0.15) is 5.10 Å².